The highest BCUT2D eigenvalue weighted by Crippen LogP contribution is 2.48. The van der Waals surface area contributed by atoms with Crippen molar-refractivity contribution >= 4 is 29.3 Å². The van der Waals surface area contributed by atoms with E-state index in [-0.39, 0.29) is 40.8 Å². The lowest BCUT2D eigenvalue weighted by atomic mass is 9.84. The van der Waals surface area contributed by atoms with Crippen LogP contribution in [-0.4, -0.2) is 88.2 Å². The van der Waals surface area contributed by atoms with Gasteiger partial charge in [0.05, 0.1) is 16.5 Å². The number of aliphatic hydroxyl groups is 1. The van der Waals surface area contributed by atoms with E-state index in [2.05, 4.69) is 51.3 Å². The number of rotatable bonds is 7. The van der Waals surface area contributed by atoms with Crippen LogP contribution in [-0.2, 0) is 15.2 Å². The van der Waals surface area contributed by atoms with Crippen molar-refractivity contribution < 1.29 is 23.5 Å². The van der Waals surface area contributed by atoms with Crippen LogP contribution < -0.4 is 4.90 Å². The number of piperidine rings is 1. The van der Waals surface area contributed by atoms with Gasteiger partial charge in [-0.2, -0.15) is 0 Å². The molecule has 0 spiro atoms. The molecule has 0 saturated carbocycles. The highest BCUT2D eigenvalue weighted by molar-refractivity contribution is 8.01. The first-order chi connectivity index (χ1) is 21.6. The summed E-state index contributed by atoms with van der Waals surface area (Å²) in [7, 11) is 0. The van der Waals surface area contributed by atoms with Gasteiger partial charge < -0.3 is 19.8 Å². The Kier molecular flexibility index (Phi) is 10.1. The van der Waals surface area contributed by atoms with Crippen LogP contribution in [0.5, 0.6) is 0 Å². The molecule has 3 aliphatic rings. The van der Waals surface area contributed by atoms with Crippen LogP contribution in [0.3, 0.4) is 0 Å². The van der Waals surface area contributed by atoms with Crippen LogP contribution in [0.25, 0.3) is 0 Å². The fourth-order valence-electron chi connectivity index (χ4n) is 6.78. The molecule has 0 aromatic heterocycles. The van der Waals surface area contributed by atoms with Gasteiger partial charge in [0.15, 0.2) is 0 Å². The van der Waals surface area contributed by atoms with E-state index in [1.165, 1.54) is 30.0 Å². The molecule has 1 N–H and O–H groups in total. The SMILES string of the molecule is CC(C)(C)CCN1C(=O)[C@H](CC(=O)N2CCC(O)(c3ccc(F)cc3)CC2)SC1c1cccc(F)c1N1CCN(C(C)(C)C)CC1. The summed E-state index contributed by atoms with van der Waals surface area (Å²) in [6, 6.07) is 11.0. The van der Waals surface area contributed by atoms with Crippen LogP contribution in [0.4, 0.5) is 14.5 Å². The number of piperazine rings is 1. The van der Waals surface area contributed by atoms with Gasteiger partial charge in [0.2, 0.25) is 11.8 Å². The molecule has 2 atom stereocenters. The summed E-state index contributed by atoms with van der Waals surface area (Å²) in [5.41, 5.74) is 0.898. The molecule has 2 aromatic rings. The molecule has 46 heavy (non-hydrogen) atoms. The number of anilines is 1. The van der Waals surface area contributed by atoms with Gasteiger partial charge >= 0.3 is 0 Å². The maximum Gasteiger partial charge on any atom is 0.237 e. The summed E-state index contributed by atoms with van der Waals surface area (Å²) in [4.78, 5) is 35.7. The Morgan fingerprint density at radius 1 is 0.935 bits per heavy atom. The molecule has 2 aromatic carbocycles. The Hall–Kier alpha value is -2.69. The lowest BCUT2D eigenvalue weighted by molar-refractivity contribution is -0.139. The third-order valence-corrected chi connectivity index (χ3v) is 11.2. The second kappa shape index (κ2) is 13.4. The number of amides is 2. The van der Waals surface area contributed by atoms with E-state index in [1.54, 1.807) is 23.1 Å². The molecule has 0 aliphatic carbocycles. The number of thioether (sulfide) groups is 1. The molecule has 0 bridgehead atoms. The Balaban J connectivity index is 1.32. The highest BCUT2D eigenvalue weighted by Gasteiger charge is 2.45. The van der Waals surface area contributed by atoms with Gasteiger partial charge in [0, 0.05) is 63.3 Å². The largest absolute Gasteiger partial charge is 0.385 e. The van der Waals surface area contributed by atoms with E-state index in [1.807, 2.05) is 11.0 Å². The molecule has 3 saturated heterocycles. The molecular formula is C36H50F2N4O3S. The molecule has 3 fully saturated rings. The molecule has 5 rings (SSSR count). The Labute approximate surface area is 277 Å². The van der Waals surface area contributed by atoms with E-state index < -0.39 is 16.2 Å². The first-order valence-electron chi connectivity index (χ1n) is 16.6. The zero-order valence-corrected chi connectivity index (χ0v) is 29.0. The van der Waals surface area contributed by atoms with Gasteiger partial charge in [0.1, 0.15) is 17.0 Å². The van der Waals surface area contributed by atoms with Crippen molar-refractivity contribution in [2.75, 3.05) is 50.7 Å². The number of para-hydroxylation sites is 1. The van der Waals surface area contributed by atoms with Crippen molar-refractivity contribution in [2.45, 2.75) is 89.0 Å². The van der Waals surface area contributed by atoms with Crippen molar-refractivity contribution in [3.8, 4) is 0 Å². The smallest absolute Gasteiger partial charge is 0.237 e. The standard InChI is InChI=1S/C36H50F2N4O3S/c1-34(2,3)14-19-42-32(44)29(24-30(43)39-17-15-36(45,16-18-39)25-10-12-26(37)13-11-25)46-33(42)27-8-7-9-28(38)31(27)40-20-22-41(23-21-40)35(4,5)6/h7-13,29,33,45H,14-24H2,1-6H3/t29-,33?/m0/s1. The summed E-state index contributed by atoms with van der Waals surface area (Å²) in [6.45, 7) is 17.3. The average molecular weight is 657 g/mol. The van der Waals surface area contributed by atoms with E-state index in [0.717, 1.165) is 25.1 Å². The zero-order chi connectivity index (χ0) is 33.4. The minimum atomic E-state index is -1.12. The van der Waals surface area contributed by atoms with Crippen LogP contribution in [0, 0.1) is 17.0 Å². The molecule has 1 unspecified atom stereocenters. The maximum absolute atomic E-state index is 15.7. The number of carbonyl (C=O) groups excluding carboxylic acids is 2. The Morgan fingerprint density at radius 3 is 2.15 bits per heavy atom. The van der Waals surface area contributed by atoms with Crippen LogP contribution >= 0.6 is 11.8 Å². The molecule has 3 heterocycles. The van der Waals surface area contributed by atoms with Gasteiger partial charge in [-0.3, -0.25) is 14.5 Å². The number of nitrogens with zero attached hydrogens (tertiary/aromatic N) is 4. The average Bonchev–Trinajstić information content (AvgIpc) is 3.30. The number of likely N-dealkylation sites (tertiary alicyclic amines) is 1. The fourth-order valence-corrected chi connectivity index (χ4v) is 8.27. The van der Waals surface area contributed by atoms with Gasteiger partial charge in [0.25, 0.3) is 0 Å². The number of halogens is 2. The second-order valence-corrected chi connectivity index (χ2v) is 16.6. The number of carbonyl (C=O) groups is 2. The minimum absolute atomic E-state index is 0.00737. The maximum atomic E-state index is 15.7. The van der Waals surface area contributed by atoms with Crippen LogP contribution in [0.15, 0.2) is 42.5 Å². The van der Waals surface area contributed by atoms with Gasteiger partial charge in [-0.05, 0) is 69.2 Å². The third-order valence-electron chi connectivity index (χ3n) is 9.75. The third kappa shape index (κ3) is 7.71. The molecule has 0 radical (unpaired) electrons. The summed E-state index contributed by atoms with van der Waals surface area (Å²) >= 11 is 1.45. The summed E-state index contributed by atoms with van der Waals surface area (Å²) < 4.78 is 29.1. The summed E-state index contributed by atoms with van der Waals surface area (Å²) in [6.07, 6.45) is 1.51. The monoisotopic (exact) mass is 656 g/mol. The second-order valence-electron chi connectivity index (χ2n) is 15.3. The van der Waals surface area contributed by atoms with E-state index in [4.69, 9.17) is 0 Å². The van der Waals surface area contributed by atoms with Gasteiger partial charge in [-0.25, -0.2) is 8.78 Å². The molecule has 10 heteroatoms. The van der Waals surface area contributed by atoms with E-state index in [9.17, 15) is 19.1 Å². The summed E-state index contributed by atoms with van der Waals surface area (Å²) in [5.74, 6) is -0.851. The Bertz CT molecular complexity index is 1390. The zero-order valence-electron chi connectivity index (χ0n) is 28.2. The quantitative estimate of drug-likeness (QED) is 0.385. The molecular weight excluding hydrogens is 606 g/mol. The molecule has 7 nitrogen and oxygen atoms in total. The fraction of sp³-hybridized carbons (Fsp3) is 0.611. The van der Waals surface area contributed by atoms with Gasteiger partial charge in [-0.15, -0.1) is 11.8 Å². The number of benzene rings is 2. The van der Waals surface area contributed by atoms with E-state index >= 15 is 4.39 Å². The topological polar surface area (TPSA) is 67.3 Å². The first kappa shape index (κ1) is 34.6. The van der Waals surface area contributed by atoms with Crippen molar-refractivity contribution in [3.63, 3.8) is 0 Å². The molecule has 252 valence electrons. The highest BCUT2D eigenvalue weighted by atomic mass is 32.2. The molecule has 3 aliphatic heterocycles. The van der Waals surface area contributed by atoms with Crippen LogP contribution in [0.2, 0.25) is 0 Å². The predicted octanol–water partition coefficient (Wildman–Crippen LogP) is 6.16. The van der Waals surface area contributed by atoms with Crippen LogP contribution in [0.1, 0.15) is 83.7 Å². The van der Waals surface area contributed by atoms with Crippen molar-refractivity contribution in [1.29, 1.82) is 0 Å². The minimum Gasteiger partial charge on any atom is -0.385 e. The normalized spacial score (nSPS) is 22.9. The Morgan fingerprint density at radius 2 is 1.57 bits per heavy atom. The lowest BCUT2D eigenvalue weighted by Crippen LogP contribution is -2.53. The van der Waals surface area contributed by atoms with Gasteiger partial charge in [-0.1, -0.05) is 45.0 Å². The summed E-state index contributed by atoms with van der Waals surface area (Å²) in [5, 5.41) is 10.2. The van der Waals surface area contributed by atoms with Crippen molar-refractivity contribution in [1.82, 2.24) is 14.7 Å². The number of hydrogen-bond donors (Lipinski definition) is 1. The lowest BCUT2D eigenvalue weighted by Gasteiger charge is -2.43. The van der Waals surface area contributed by atoms with Crippen molar-refractivity contribution in [2.24, 2.45) is 5.41 Å². The number of hydrogen-bond acceptors (Lipinski definition) is 6. The first-order valence-corrected chi connectivity index (χ1v) is 17.5. The van der Waals surface area contributed by atoms with Crippen molar-refractivity contribution in [3.05, 3.63) is 65.2 Å². The molecule has 2 amide bonds. The predicted molar refractivity (Wildman–Crippen MR) is 181 cm³/mol. The van der Waals surface area contributed by atoms with E-state index in [0.29, 0.717) is 56.8 Å².